The molecule has 2 N–H and O–H groups in total. The van der Waals surface area contributed by atoms with Gasteiger partial charge in [0.25, 0.3) is 0 Å². The first-order valence-corrected chi connectivity index (χ1v) is 7.78. The number of piperidine rings is 1. The molecule has 0 aromatic heterocycles. The van der Waals surface area contributed by atoms with E-state index in [1.165, 1.54) is 18.6 Å². The Morgan fingerprint density at radius 3 is 2.88 bits per heavy atom. The summed E-state index contributed by atoms with van der Waals surface area (Å²) >= 11 is 2.01. The smallest absolute Gasteiger partial charge is 0.220 e. The van der Waals surface area contributed by atoms with E-state index in [0.29, 0.717) is 10.7 Å². The number of rotatable bonds is 4. The Balaban J connectivity index is 1.66. The molecule has 2 aliphatic rings. The van der Waals surface area contributed by atoms with E-state index < -0.39 is 0 Å². The van der Waals surface area contributed by atoms with Gasteiger partial charge in [-0.1, -0.05) is 0 Å². The number of amides is 1. The fourth-order valence-corrected chi connectivity index (χ4v) is 3.93. The predicted octanol–water partition coefficient (Wildman–Crippen LogP) is 1.78. The molecule has 0 spiro atoms. The Bertz CT molecular complexity index is 258. The van der Waals surface area contributed by atoms with Crippen LogP contribution in [0, 0.1) is 5.92 Å². The maximum atomic E-state index is 11.9. The first kappa shape index (κ1) is 13.2. The van der Waals surface area contributed by atoms with Crippen LogP contribution >= 0.6 is 11.8 Å². The molecule has 2 saturated heterocycles. The number of hydrogen-bond acceptors (Lipinski definition) is 3. The van der Waals surface area contributed by atoms with Crippen LogP contribution in [-0.2, 0) is 4.79 Å². The van der Waals surface area contributed by atoms with Crippen LogP contribution in [0.5, 0.6) is 0 Å². The molecule has 3 nitrogen and oxygen atoms in total. The Hall–Kier alpha value is -0.220. The zero-order valence-corrected chi connectivity index (χ0v) is 11.6. The minimum atomic E-state index is 0.255. The number of carbonyl (C=O) groups is 1. The molecule has 2 aliphatic heterocycles. The molecule has 0 radical (unpaired) electrons. The molecule has 0 aliphatic carbocycles. The van der Waals surface area contributed by atoms with Crippen molar-refractivity contribution in [3.8, 4) is 0 Å². The highest BCUT2D eigenvalue weighted by atomic mass is 32.2. The summed E-state index contributed by atoms with van der Waals surface area (Å²) in [4.78, 5) is 11.9. The van der Waals surface area contributed by atoms with Gasteiger partial charge in [-0.3, -0.25) is 4.79 Å². The Labute approximate surface area is 108 Å². The molecule has 1 atom stereocenters. The first-order chi connectivity index (χ1) is 8.18. The zero-order chi connectivity index (χ0) is 12.1. The van der Waals surface area contributed by atoms with E-state index in [1.54, 1.807) is 0 Å². The second kappa shape index (κ2) is 6.10. The highest BCUT2D eigenvalue weighted by Gasteiger charge is 2.29. The maximum Gasteiger partial charge on any atom is 0.220 e. The van der Waals surface area contributed by atoms with Gasteiger partial charge in [-0.15, -0.1) is 0 Å². The predicted molar refractivity (Wildman–Crippen MR) is 73.3 cm³/mol. The van der Waals surface area contributed by atoms with E-state index in [1.807, 2.05) is 11.8 Å². The van der Waals surface area contributed by atoms with Crippen molar-refractivity contribution in [2.45, 2.75) is 43.8 Å². The van der Waals surface area contributed by atoms with E-state index in [0.717, 1.165) is 38.9 Å². The summed E-state index contributed by atoms with van der Waals surface area (Å²) < 4.78 is 0.295. The average molecular weight is 256 g/mol. The molecule has 2 heterocycles. The Morgan fingerprint density at radius 1 is 1.47 bits per heavy atom. The lowest BCUT2D eigenvalue weighted by Gasteiger charge is -2.25. The van der Waals surface area contributed by atoms with Crippen molar-refractivity contribution in [3.63, 3.8) is 0 Å². The standard InChI is InChI=1S/C13H24N2OS/c1-13(5-2-8-17-13)10-15-12(16)9-11-3-6-14-7-4-11/h11,14H,2-10H2,1H3,(H,15,16). The van der Waals surface area contributed by atoms with Gasteiger partial charge in [0.05, 0.1) is 0 Å². The summed E-state index contributed by atoms with van der Waals surface area (Å²) in [7, 11) is 0. The topological polar surface area (TPSA) is 41.1 Å². The van der Waals surface area contributed by atoms with Crippen LogP contribution in [0.15, 0.2) is 0 Å². The largest absolute Gasteiger partial charge is 0.355 e. The molecule has 2 fully saturated rings. The molecule has 2 rings (SSSR count). The molecule has 0 aromatic carbocycles. The van der Waals surface area contributed by atoms with Crippen LogP contribution in [0.2, 0.25) is 0 Å². The van der Waals surface area contributed by atoms with Gasteiger partial charge in [-0.2, -0.15) is 11.8 Å². The van der Waals surface area contributed by atoms with Crippen LogP contribution < -0.4 is 10.6 Å². The molecule has 1 amide bonds. The van der Waals surface area contributed by atoms with Gasteiger partial charge in [0, 0.05) is 17.7 Å². The molecule has 0 bridgehead atoms. The van der Waals surface area contributed by atoms with E-state index in [-0.39, 0.29) is 5.91 Å². The molecule has 98 valence electrons. The minimum Gasteiger partial charge on any atom is -0.355 e. The molecular weight excluding hydrogens is 232 g/mol. The Kier molecular flexibility index (Phi) is 4.74. The molecule has 4 heteroatoms. The van der Waals surface area contributed by atoms with Gasteiger partial charge in [0.15, 0.2) is 0 Å². The van der Waals surface area contributed by atoms with Gasteiger partial charge < -0.3 is 10.6 Å². The number of nitrogens with one attached hydrogen (secondary N) is 2. The first-order valence-electron chi connectivity index (χ1n) is 6.79. The summed E-state index contributed by atoms with van der Waals surface area (Å²) in [5, 5.41) is 6.47. The highest BCUT2D eigenvalue weighted by Crippen LogP contribution is 2.36. The monoisotopic (exact) mass is 256 g/mol. The van der Waals surface area contributed by atoms with Gasteiger partial charge in [-0.05, 0) is 57.4 Å². The summed E-state index contributed by atoms with van der Waals surface area (Å²) in [6.45, 7) is 5.27. The van der Waals surface area contributed by atoms with Crippen LogP contribution in [0.3, 0.4) is 0 Å². The van der Waals surface area contributed by atoms with Crippen molar-refractivity contribution in [3.05, 3.63) is 0 Å². The summed E-state index contributed by atoms with van der Waals surface area (Å²) in [6.07, 6.45) is 5.57. The summed E-state index contributed by atoms with van der Waals surface area (Å²) in [5.41, 5.74) is 0. The van der Waals surface area contributed by atoms with Gasteiger partial charge in [0.1, 0.15) is 0 Å². The summed E-state index contributed by atoms with van der Waals surface area (Å²) in [6, 6.07) is 0. The van der Waals surface area contributed by atoms with Crippen molar-refractivity contribution in [2.75, 3.05) is 25.4 Å². The van der Waals surface area contributed by atoms with E-state index in [2.05, 4.69) is 17.6 Å². The van der Waals surface area contributed by atoms with Crippen LogP contribution in [0.25, 0.3) is 0 Å². The SMILES string of the molecule is CC1(CNC(=O)CC2CCNCC2)CCCS1. The van der Waals surface area contributed by atoms with Crippen molar-refractivity contribution in [2.24, 2.45) is 5.92 Å². The van der Waals surface area contributed by atoms with E-state index in [9.17, 15) is 4.79 Å². The summed E-state index contributed by atoms with van der Waals surface area (Å²) in [5.74, 6) is 2.10. The fourth-order valence-electron chi connectivity index (χ4n) is 2.68. The lowest BCUT2D eigenvalue weighted by molar-refractivity contribution is -0.122. The minimum absolute atomic E-state index is 0.255. The van der Waals surface area contributed by atoms with Crippen LogP contribution in [0.1, 0.15) is 39.0 Å². The van der Waals surface area contributed by atoms with E-state index in [4.69, 9.17) is 0 Å². The Morgan fingerprint density at radius 2 is 2.24 bits per heavy atom. The molecule has 17 heavy (non-hydrogen) atoms. The normalized spacial score (nSPS) is 30.4. The molecule has 0 aromatic rings. The number of thioether (sulfide) groups is 1. The maximum absolute atomic E-state index is 11.9. The van der Waals surface area contributed by atoms with Gasteiger partial charge >= 0.3 is 0 Å². The third kappa shape index (κ3) is 4.18. The van der Waals surface area contributed by atoms with Crippen molar-refractivity contribution < 1.29 is 4.79 Å². The third-order valence-electron chi connectivity index (χ3n) is 3.89. The average Bonchev–Trinajstić information content (AvgIpc) is 2.76. The highest BCUT2D eigenvalue weighted by molar-refractivity contribution is 8.00. The zero-order valence-electron chi connectivity index (χ0n) is 10.8. The van der Waals surface area contributed by atoms with Crippen LogP contribution in [0.4, 0.5) is 0 Å². The van der Waals surface area contributed by atoms with E-state index >= 15 is 0 Å². The lowest BCUT2D eigenvalue weighted by atomic mass is 9.94. The molecule has 1 unspecified atom stereocenters. The van der Waals surface area contributed by atoms with Crippen LogP contribution in [-0.4, -0.2) is 36.0 Å². The van der Waals surface area contributed by atoms with Gasteiger partial charge in [-0.25, -0.2) is 0 Å². The second-order valence-electron chi connectivity index (χ2n) is 5.58. The van der Waals surface area contributed by atoms with Crippen molar-refractivity contribution >= 4 is 17.7 Å². The van der Waals surface area contributed by atoms with Crippen molar-refractivity contribution in [1.29, 1.82) is 0 Å². The van der Waals surface area contributed by atoms with Crippen molar-refractivity contribution in [1.82, 2.24) is 10.6 Å². The number of carbonyl (C=O) groups excluding carboxylic acids is 1. The number of hydrogen-bond donors (Lipinski definition) is 2. The fraction of sp³-hybridized carbons (Fsp3) is 0.923. The quantitative estimate of drug-likeness (QED) is 0.805. The molecule has 0 saturated carbocycles. The second-order valence-corrected chi connectivity index (χ2v) is 7.26. The lowest BCUT2D eigenvalue weighted by Crippen LogP contribution is -2.38. The van der Waals surface area contributed by atoms with Gasteiger partial charge in [0.2, 0.25) is 5.91 Å². The third-order valence-corrected chi connectivity index (χ3v) is 5.43. The molecular formula is C13H24N2OS.